The van der Waals surface area contributed by atoms with Crippen LogP contribution >= 0.6 is 11.6 Å². The van der Waals surface area contributed by atoms with Crippen molar-refractivity contribution in [3.63, 3.8) is 0 Å². The number of alkyl halides is 1. The first-order valence-electron chi connectivity index (χ1n) is 8.03. The van der Waals surface area contributed by atoms with Crippen LogP contribution in [0.15, 0.2) is 12.2 Å². The molecule has 5 heteroatoms. The van der Waals surface area contributed by atoms with E-state index in [0.29, 0.717) is 18.9 Å². The Morgan fingerprint density at radius 2 is 2.23 bits per heavy atom. The van der Waals surface area contributed by atoms with Crippen LogP contribution in [0.25, 0.3) is 0 Å². The van der Waals surface area contributed by atoms with Gasteiger partial charge in [0, 0.05) is 17.7 Å². The number of rotatable bonds is 7. The van der Waals surface area contributed by atoms with Crippen LogP contribution in [0.4, 0.5) is 0 Å². The number of nitrogens with one attached hydrogen (secondary N) is 1. The van der Waals surface area contributed by atoms with Gasteiger partial charge in [0.25, 0.3) is 0 Å². The number of ketones is 2. The maximum atomic E-state index is 13.1. The van der Waals surface area contributed by atoms with Gasteiger partial charge in [0.1, 0.15) is 16.9 Å². The minimum atomic E-state index is -0.829. The molecule has 0 radical (unpaired) electrons. The van der Waals surface area contributed by atoms with E-state index in [1.54, 1.807) is 14.0 Å². The topological polar surface area (TPSA) is 55.4 Å². The van der Waals surface area contributed by atoms with Gasteiger partial charge in [-0.2, -0.15) is 0 Å². The number of ether oxygens (including phenoxy) is 1. The molecule has 4 nitrogen and oxygen atoms in total. The molecule has 2 rings (SSSR count). The summed E-state index contributed by atoms with van der Waals surface area (Å²) in [6.07, 6.45) is 7.54. The van der Waals surface area contributed by atoms with Crippen LogP contribution in [0.1, 0.15) is 39.5 Å². The maximum absolute atomic E-state index is 13.1. The molecule has 0 bridgehead atoms. The Balaban J connectivity index is 2.32. The van der Waals surface area contributed by atoms with E-state index in [4.69, 9.17) is 16.3 Å². The van der Waals surface area contributed by atoms with Crippen molar-refractivity contribution >= 4 is 23.2 Å². The van der Waals surface area contributed by atoms with E-state index >= 15 is 0 Å². The molecule has 2 unspecified atom stereocenters. The van der Waals surface area contributed by atoms with E-state index in [0.717, 1.165) is 19.3 Å². The third-order valence-electron chi connectivity index (χ3n) is 5.43. The quantitative estimate of drug-likeness (QED) is 0.576. The average molecular weight is 328 g/mol. The highest BCUT2D eigenvalue weighted by atomic mass is 35.5. The highest BCUT2D eigenvalue weighted by molar-refractivity contribution is 6.18. The van der Waals surface area contributed by atoms with Crippen LogP contribution in [0.3, 0.4) is 0 Å². The molecule has 124 valence electrons. The van der Waals surface area contributed by atoms with Gasteiger partial charge in [-0.3, -0.25) is 9.59 Å². The van der Waals surface area contributed by atoms with Gasteiger partial charge in [0.2, 0.25) is 0 Å². The van der Waals surface area contributed by atoms with Gasteiger partial charge in [-0.1, -0.05) is 12.2 Å². The molecular formula is C17H26ClNO3. The number of carbonyl (C=O) groups excluding carboxylic acids is 2. The van der Waals surface area contributed by atoms with E-state index in [1.165, 1.54) is 0 Å². The fourth-order valence-corrected chi connectivity index (χ4v) is 4.14. The Morgan fingerprint density at radius 1 is 1.50 bits per heavy atom. The lowest BCUT2D eigenvalue weighted by atomic mass is 9.62. The van der Waals surface area contributed by atoms with Crippen LogP contribution in [0.2, 0.25) is 0 Å². The molecule has 0 aromatic carbocycles. The Kier molecular flexibility index (Phi) is 5.46. The van der Waals surface area contributed by atoms with Gasteiger partial charge in [0.05, 0.1) is 6.61 Å². The Labute approximate surface area is 137 Å². The van der Waals surface area contributed by atoms with Crippen molar-refractivity contribution in [2.24, 2.45) is 11.8 Å². The van der Waals surface area contributed by atoms with Crippen LogP contribution in [-0.4, -0.2) is 42.2 Å². The molecule has 1 heterocycles. The van der Waals surface area contributed by atoms with Gasteiger partial charge in [-0.15, -0.1) is 11.6 Å². The molecule has 0 saturated carbocycles. The standard InChI is InChI=1S/C17H26ClNO3/c1-12(20)14(9-10-18)16(2)17(19-3,11-22-16)15(21)13-7-5-4-6-8-13/h5,7,13-14,19H,4,6,8-11H2,1-3H3/t13?,14-,16-,17?/m0/s1. The predicted molar refractivity (Wildman–Crippen MR) is 87.1 cm³/mol. The van der Waals surface area contributed by atoms with E-state index in [9.17, 15) is 9.59 Å². The number of Topliss-reactive ketones (excluding diaryl/α,β-unsaturated/α-hetero) is 2. The first kappa shape index (κ1) is 17.6. The summed E-state index contributed by atoms with van der Waals surface area (Å²) in [4.78, 5) is 25.2. The second-order valence-electron chi connectivity index (χ2n) is 6.52. The lowest BCUT2D eigenvalue weighted by molar-refractivity contribution is -0.239. The summed E-state index contributed by atoms with van der Waals surface area (Å²) in [5, 5.41) is 3.19. The molecule has 0 amide bonds. The number of carbonyl (C=O) groups is 2. The summed E-state index contributed by atoms with van der Waals surface area (Å²) in [5.74, 6) is 0.0753. The molecule has 0 aromatic rings. The lowest BCUT2D eigenvalue weighted by Gasteiger charge is -2.59. The molecule has 1 fully saturated rings. The zero-order valence-corrected chi connectivity index (χ0v) is 14.4. The molecule has 1 N–H and O–H groups in total. The second kappa shape index (κ2) is 6.81. The molecule has 2 aliphatic rings. The van der Waals surface area contributed by atoms with Crippen molar-refractivity contribution in [3.05, 3.63) is 12.2 Å². The molecule has 4 atom stereocenters. The fraction of sp³-hybridized carbons (Fsp3) is 0.765. The smallest absolute Gasteiger partial charge is 0.165 e. The Bertz CT molecular complexity index is 475. The third-order valence-corrected chi connectivity index (χ3v) is 5.65. The van der Waals surface area contributed by atoms with Crippen LogP contribution in [0.5, 0.6) is 0 Å². The van der Waals surface area contributed by atoms with Crippen LogP contribution in [0, 0.1) is 11.8 Å². The third kappa shape index (κ3) is 2.66. The fourth-order valence-electron chi connectivity index (χ4n) is 3.92. The second-order valence-corrected chi connectivity index (χ2v) is 6.90. The Hall–Kier alpha value is -0.710. The van der Waals surface area contributed by atoms with Gasteiger partial charge in [-0.05, 0) is 46.6 Å². The van der Waals surface area contributed by atoms with E-state index < -0.39 is 11.1 Å². The highest BCUT2D eigenvalue weighted by Crippen LogP contribution is 2.46. The van der Waals surface area contributed by atoms with Crippen LogP contribution in [-0.2, 0) is 14.3 Å². The lowest BCUT2D eigenvalue weighted by Crippen LogP contribution is -2.80. The molecule has 0 spiro atoms. The molecule has 1 aliphatic heterocycles. The first-order chi connectivity index (χ1) is 10.4. The number of likely N-dealkylation sites (N-methyl/N-ethyl adjacent to an activating group) is 1. The average Bonchev–Trinajstić information content (AvgIpc) is 2.52. The van der Waals surface area contributed by atoms with Crippen molar-refractivity contribution in [1.29, 1.82) is 0 Å². The molecule has 22 heavy (non-hydrogen) atoms. The molecular weight excluding hydrogens is 302 g/mol. The first-order valence-corrected chi connectivity index (χ1v) is 8.56. The minimum Gasteiger partial charge on any atom is -0.370 e. The largest absolute Gasteiger partial charge is 0.370 e. The van der Waals surface area contributed by atoms with Crippen molar-refractivity contribution < 1.29 is 14.3 Å². The summed E-state index contributed by atoms with van der Waals surface area (Å²) in [7, 11) is 1.78. The summed E-state index contributed by atoms with van der Waals surface area (Å²) in [6.45, 7) is 3.74. The van der Waals surface area contributed by atoms with Gasteiger partial charge in [0.15, 0.2) is 5.78 Å². The van der Waals surface area contributed by atoms with Crippen molar-refractivity contribution in [2.75, 3.05) is 19.5 Å². The predicted octanol–water partition coefficient (Wildman–Crippen LogP) is 2.49. The van der Waals surface area contributed by atoms with Gasteiger partial charge >= 0.3 is 0 Å². The molecule has 1 saturated heterocycles. The zero-order valence-electron chi connectivity index (χ0n) is 13.7. The Morgan fingerprint density at radius 3 is 2.64 bits per heavy atom. The molecule has 0 aromatic heterocycles. The molecule has 1 aliphatic carbocycles. The summed E-state index contributed by atoms with van der Waals surface area (Å²) in [5.41, 5.74) is -1.63. The van der Waals surface area contributed by atoms with Gasteiger partial charge in [-0.25, -0.2) is 0 Å². The monoisotopic (exact) mass is 327 g/mol. The van der Waals surface area contributed by atoms with Crippen molar-refractivity contribution in [3.8, 4) is 0 Å². The van der Waals surface area contributed by atoms with Crippen molar-refractivity contribution in [1.82, 2.24) is 5.32 Å². The van der Waals surface area contributed by atoms with Crippen molar-refractivity contribution in [2.45, 2.75) is 50.7 Å². The normalized spacial score (nSPS) is 35.7. The zero-order chi connectivity index (χ0) is 16.4. The minimum absolute atomic E-state index is 0.0226. The summed E-state index contributed by atoms with van der Waals surface area (Å²) < 4.78 is 5.83. The van der Waals surface area contributed by atoms with E-state index in [1.807, 2.05) is 13.0 Å². The highest BCUT2D eigenvalue weighted by Gasteiger charge is 2.66. The summed E-state index contributed by atoms with van der Waals surface area (Å²) >= 11 is 5.87. The van der Waals surface area contributed by atoms with Gasteiger partial charge < -0.3 is 10.1 Å². The van der Waals surface area contributed by atoms with E-state index in [-0.39, 0.29) is 23.4 Å². The number of halogens is 1. The number of hydrogen-bond acceptors (Lipinski definition) is 4. The maximum Gasteiger partial charge on any atom is 0.165 e. The number of allylic oxidation sites excluding steroid dienone is 2. The number of hydrogen-bond donors (Lipinski definition) is 1. The SMILES string of the molecule is CNC1(C(=O)C2C=CCCC2)CO[C@@]1(C)[C@@H](CCCl)C(C)=O. The van der Waals surface area contributed by atoms with E-state index in [2.05, 4.69) is 11.4 Å². The summed E-state index contributed by atoms with van der Waals surface area (Å²) in [6, 6.07) is 0. The van der Waals surface area contributed by atoms with Crippen LogP contribution < -0.4 is 5.32 Å².